The largest absolute Gasteiger partial charge is 0.495 e. The van der Waals surface area contributed by atoms with Crippen LogP contribution in [0, 0.1) is 0 Å². The summed E-state index contributed by atoms with van der Waals surface area (Å²) < 4.78 is 18.1. The molecule has 4 rings (SSSR count). The van der Waals surface area contributed by atoms with Crippen LogP contribution in [0.3, 0.4) is 0 Å². The van der Waals surface area contributed by atoms with Gasteiger partial charge in [-0.1, -0.05) is 23.9 Å². The first-order chi connectivity index (χ1) is 14.7. The van der Waals surface area contributed by atoms with Gasteiger partial charge in [-0.2, -0.15) is 0 Å². The number of benzene rings is 2. The Morgan fingerprint density at radius 1 is 0.967 bits per heavy atom. The van der Waals surface area contributed by atoms with Crippen LogP contribution < -0.4 is 14.2 Å². The number of para-hydroxylation sites is 2. The van der Waals surface area contributed by atoms with Gasteiger partial charge in [0.1, 0.15) is 17.1 Å². The van der Waals surface area contributed by atoms with Crippen LogP contribution in [0.5, 0.6) is 17.2 Å². The van der Waals surface area contributed by atoms with Crippen molar-refractivity contribution in [3.8, 4) is 33.5 Å². The molecule has 30 heavy (non-hydrogen) atoms. The van der Waals surface area contributed by atoms with Gasteiger partial charge in [0.2, 0.25) is 0 Å². The zero-order valence-corrected chi connectivity index (χ0v) is 18.4. The quantitative estimate of drug-likeness (QED) is 0.368. The van der Waals surface area contributed by atoms with Crippen molar-refractivity contribution in [2.45, 2.75) is 10.9 Å². The summed E-state index contributed by atoms with van der Waals surface area (Å²) in [7, 11) is 4.91. The second kappa shape index (κ2) is 9.19. The van der Waals surface area contributed by atoms with E-state index in [1.807, 2.05) is 47.0 Å². The number of methoxy groups -OCH3 is 3. The number of thioether (sulfide) groups is 1. The fourth-order valence-corrected chi connectivity index (χ4v) is 4.67. The first-order valence-corrected chi connectivity index (χ1v) is 10.9. The number of thiazole rings is 1. The van der Waals surface area contributed by atoms with Crippen molar-refractivity contribution < 1.29 is 14.2 Å². The molecule has 0 bridgehead atoms. The lowest BCUT2D eigenvalue weighted by Gasteiger charge is -2.10. The summed E-state index contributed by atoms with van der Waals surface area (Å²) in [6, 6.07) is 13.6. The van der Waals surface area contributed by atoms with Crippen molar-refractivity contribution in [3.63, 3.8) is 0 Å². The molecule has 0 saturated carbocycles. The van der Waals surface area contributed by atoms with Gasteiger partial charge in [-0.3, -0.25) is 4.57 Å². The number of hydrogen-bond donors (Lipinski definition) is 0. The van der Waals surface area contributed by atoms with E-state index in [2.05, 4.69) is 15.6 Å². The van der Waals surface area contributed by atoms with Crippen molar-refractivity contribution in [2.75, 3.05) is 21.3 Å². The van der Waals surface area contributed by atoms with E-state index in [-0.39, 0.29) is 0 Å². The Hall–Kier alpha value is -3.04. The van der Waals surface area contributed by atoms with Crippen molar-refractivity contribution in [1.82, 2.24) is 19.7 Å². The number of rotatable bonds is 8. The van der Waals surface area contributed by atoms with E-state index in [1.165, 1.54) is 0 Å². The minimum absolute atomic E-state index is 0.678. The van der Waals surface area contributed by atoms with Gasteiger partial charge in [0.15, 0.2) is 16.7 Å². The third-order valence-corrected chi connectivity index (χ3v) is 6.31. The van der Waals surface area contributed by atoms with Crippen LogP contribution in [0.25, 0.3) is 16.3 Å². The van der Waals surface area contributed by atoms with Crippen LogP contribution in [-0.4, -0.2) is 41.1 Å². The zero-order valence-electron chi connectivity index (χ0n) is 16.7. The maximum atomic E-state index is 5.46. The fraction of sp³-hybridized carbons (Fsp3) is 0.190. The number of nitrogens with zero attached hydrogens (tertiary/aromatic N) is 4. The number of hydrogen-bond acceptors (Lipinski definition) is 8. The van der Waals surface area contributed by atoms with Gasteiger partial charge in [0.05, 0.1) is 32.7 Å². The van der Waals surface area contributed by atoms with Crippen LogP contribution in [-0.2, 0) is 5.75 Å². The molecule has 0 fully saturated rings. The van der Waals surface area contributed by atoms with Gasteiger partial charge in [-0.15, -0.1) is 21.5 Å². The number of ether oxygens (including phenoxy) is 3. The van der Waals surface area contributed by atoms with Crippen molar-refractivity contribution in [3.05, 3.63) is 59.9 Å². The predicted octanol–water partition coefficient (Wildman–Crippen LogP) is 4.71. The maximum Gasteiger partial charge on any atom is 0.196 e. The fourth-order valence-electron chi connectivity index (χ4n) is 2.93. The Bertz CT molecular complexity index is 1140. The molecule has 4 aromatic rings. The second-order valence-electron chi connectivity index (χ2n) is 6.16. The normalized spacial score (nSPS) is 10.8. The molecular formula is C21H20N4O3S2. The van der Waals surface area contributed by atoms with Crippen LogP contribution in [0.15, 0.2) is 59.3 Å². The molecule has 0 spiro atoms. The Morgan fingerprint density at radius 2 is 1.77 bits per heavy atom. The summed E-state index contributed by atoms with van der Waals surface area (Å²) in [5.74, 6) is 2.83. The van der Waals surface area contributed by atoms with Gasteiger partial charge >= 0.3 is 0 Å². The first kappa shape index (κ1) is 20.2. The molecule has 0 N–H and O–H groups in total. The van der Waals surface area contributed by atoms with Gasteiger partial charge in [-0.05, 0) is 30.3 Å². The van der Waals surface area contributed by atoms with Gasteiger partial charge in [0, 0.05) is 16.7 Å². The van der Waals surface area contributed by atoms with Gasteiger partial charge < -0.3 is 14.2 Å². The summed E-state index contributed by atoms with van der Waals surface area (Å²) in [6.07, 6.45) is 1.69. The Kier molecular flexibility index (Phi) is 6.20. The molecule has 7 nitrogen and oxygen atoms in total. The molecule has 0 aliphatic rings. The standard InChI is InChI=1S/C21H20N4O3S2/c1-26-17-7-5-4-6-16(17)25-13-22-24-21(25)30-12-15-11-29-20(23-15)14-8-9-18(27-2)19(10-14)28-3/h4-11,13H,12H2,1-3H3. The zero-order chi connectivity index (χ0) is 20.9. The van der Waals surface area contributed by atoms with Crippen LogP contribution in [0.1, 0.15) is 5.69 Å². The lowest BCUT2D eigenvalue weighted by Crippen LogP contribution is -1.98. The Balaban J connectivity index is 1.51. The summed E-state index contributed by atoms with van der Waals surface area (Å²) in [4.78, 5) is 4.77. The monoisotopic (exact) mass is 440 g/mol. The summed E-state index contributed by atoms with van der Waals surface area (Å²) in [6.45, 7) is 0. The van der Waals surface area contributed by atoms with E-state index in [4.69, 9.17) is 19.2 Å². The highest BCUT2D eigenvalue weighted by molar-refractivity contribution is 7.98. The molecule has 2 aromatic heterocycles. The average Bonchev–Trinajstić information content (AvgIpc) is 3.46. The Morgan fingerprint density at radius 3 is 2.57 bits per heavy atom. The van der Waals surface area contributed by atoms with E-state index in [9.17, 15) is 0 Å². The van der Waals surface area contributed by atoms with E-state index >= 15 is 0 Å². The molecule has 0 unspecified atom stereocenters. The predicted molar refractivity (Wildman–Crippen MR) is 118 cm³/mol. The third kappa shape index (κ3) is 4.12. The molecule has 0 aliphatic carbocycles. The minimum atomic E-state index is 0.678. The van der Waals surface area contributed by atoms with E-state index < -0.39 is 0 Å². The van der Waals surface area contributed by atoms with Gasteiger partial charge in [-0.25, -0.2) is 4.98 Å². The topological polar surface area (TPSA) is 71.3 Å². The highest BCUT2D eigenvalue weighted by Crippen LogP contribution is 2.34. The maximum absolute atomic E-state index is 5.46. The molecule has 2 aromatic carbocycles. The van der Waals surface area contributed by atoms with Gasteiger partial charge in [0.25, 0.3) is 0 Å². The highest BCUT2D eigenvalue weighted by atomic mass is 32.2. The molecule has 0 radical (unpaired) electrons. The molecule has 9 heteroatoms. The SMILES string of the molecule is COc1ccc(-c2nc(CSc3nncn3-c3ccccc3OC)cs2)cc1OC. The molecule has 154 valence electrons. The average molecular weight is 441 g/mol. The first-order valence-electron chi connectivity index (χ1n) is 9.06. The molecular weight excluding hydrogens is 420 g/mol. The van der Waals surface area contributed by atoms with Crippen molar-refractivity contribution >= 4 is 23.1 Å². The lowest BCUT2D eigenvalue weighted by atomic mass is 10.2. The molecule has 2 heterocycles. The minimum Gasteiger partial charge on any atom is -0.495 e. The third-order valence-electron chi connectivity index (χ3n) is 4.39. The summed E-state index contributed by atoms with van der Waals surface area (Å²) in [5, 5.41) is 12.1. The summed E-state index contributed by atoms with van der Waals surface area (Å²) in [5.41, 5.74) is 2.87. The van der Waals surface area contributed by atoms with E-state index in [0.29, 0.717) is 17.3 Å². The molecule has 0 amide bonds. The van der Waals surface area contributed by atoms with Crippen LogP contribution in [0.2, 0.25) is 0 Å². The van der Waals surface area contributed by atoms with Crippen LogP contribution in [0.4, 0.5) is 0 Å². The van der Waals surface area contributed by atoms with E-state index in [1.54, 1.807) is 50.8 Å². The molecule has 0 aliphatic heterocycles. The lowest BCUT2D eigenvalue weighted by molar-refractivity contribution is 0.355. The molecule has 0 atom stereocenters. The number of aromatic nitrogens is 4. The van der Waals surface area contributed by atoms with Crippen molar-refractivity contribution in [1.29, 1.82) is 0 Å². The second-order valence-corrected chi connectivity index (χ2v) is 7.96. The van der Waals surface area contributed by atoms with E-state index in [0.717, 1.165) is 32.9 Å². The molecule has 0 saturated heterocycles. The van der Waals surface area contributed by atoms with Crippen LogP contribution >= 0.6 is 23.1 Å². The summed E-state index contributed by atoms with van der Waals surface area (Å²) >= 11 is 3.17. The highest BCUT2D eigenvalue weighted by Gasteiger charge is 2.13. The van der Waals surface area contributed by atoms with Crippen molar-refractivity contribution in [2.24, 2.45) is 0 Å². The Labute approximate surface area is 182 Å². The smallest absolute Gasteiger partial charge is 0.196 e.